The predicted molar refractivity (Wildman–Crippen MR) is 64.0 cm³/mol. The van der Waals surface area contributed by atoms with E-state index in [0.717, 1.165) is 6.07 Å². The van der Waals surface area contributed by atoms with Crippen LogP contribution in [-0.2, 0) is 0 Å². The number of rotatable bonds is 3. The van der Waals surface area contributed by atoms with Gasteiger partial charge in [-0.15, -0.1) is 0 Å². The summed E-state index contributed by atoms with van der Waals surface area (Å²) in [6.07, 6.45) is 0. The Morgan fingerprint density at radius 2 is 2.00 bits per heavy atom. The highest BCUT2D eigenvalue weighted by Crippen LogP contribution is 2.28. The van der Waals surface area contributed by atoms with Gasteiger partial charge >= 0.3 is 0 Å². The van der Waals surface area contributed by atoms with Crippen LogP contribution < -0.4 is 10.5 Å². The largest absolute Gasteiger partial charge is 0.454 e. The van der Waals surface area contributed by atoms with Crippen molar-refractivity contribution in [1.82, 2.24) is 0 Å². The Kier molecular flexibility index (Phi) is 3.09. The van der Waals surface area contributed by atoms with Gasteiger partial charge in [-0.2, -0.15) is 0 Å². The first-order chi connectivity index (χ1) is 8.56. The average molecular weight is 248 g/mol. The van der Waals surface area contributed by atoms with Gasteiger partial charge in [0, 0.05) is 17.8 Å². The fourth-order valence-electron chi connectivity index (χ4n) is 1.39. The molecular formula is C12H9FN2O3. The Morgan fingerprint density at radius 3 is 2.61 bits per heavy atom. The molecule has 0 aliphatic heterocycles. The lowest BCUT2D eigenvalue weighted by Gasteiger charge is -2.06. The Labute approximate surface area is 102 Å². The molecule has 2 aromatic rings. The van der Waals surface area contributed by atoms with Crippen molar-refractivity contribution in [1.29, 1.82) is 0 Å². The molecule has 0 fully saturated rings. The van der Waals surface area contributed by atoms with Crippen molar-refractivity contribution in [2.24, 2.45) is 0 Å². The van der Waals surface area contributed by atoms with Gasteiger partial charge in [0.1, 0.15) is 5.75 Å². The van der Waals surface area contributed by atoms with Gasteiger partial charge in [0.15, 0.2) is 11.6 Å². The van der Waals surface area contributed by atoms with Crippen LogP contribution in [0.2, 0.25) is 0 Å². The maximum absolute atomic E-state index is 13.5. The predicted octanol–water partition coefficient (Wildman–Crippen LogP) is 3.11. The number of nitrogens with two attached hydrogens (primary N) is 1. The van der Waals surface area contributed by atoms with E-state index in [-0.39, 0.29) is 11.4 Å². The molecule has 5 nitrogen and oxygen atoms in total. The molecule has 0 aromatic heterocycles. The van der Waals surface area contributed by atoms with E-state index >= 15 is 0 Å². The second-order valence-electron chi connectivity index (χ2n) is 3.55. The topological polar surface area (TPSA) is 78.4 Å². The highest BCUT2D eigenvalue weighted by molar-refractivity contribution is 5.46. The van der Waals surface area contributed by atoms with E-state index in [4.69, 9.17) is 10.5 Å². The van der Waals surface area contributed by atoms with E-state index in [1.807, 2.05) is 0 Å². The summed E-state index contributed by atoms with van der Waals surface area (Å²) in [5.74, 6) is -0.527. The molecule has 18 heavy (non-hydrogen) atoms. The number of hydrogen-bond acceptors (Lipinski definition) is 4. The summed E-state index contributed by atoms with van der Waals surface area (Å²) in [4.78, 5) is 9.78. The summed E-state index contributed by atoms with van der Waals surface area (Å²) in [5, 5.41) is 10.4. The molecule has 0 radical (unpaired) electrons. The minimum absolute atomic E-state index is 0.0915. The smallest absolute Gasteiger partial charge is 0.272 e. The molecule has 0 amide bonds. The number of ether oxygens (including phenoxy) is 1. The standard InChI is InChI=1S/C12H9FN2O3/c13-11-7-9(15(16)17)4-5-12(11)18-10-3-1-2-8(14)6-10/h1-7H,14H2. The van der Waals surface area contributed by atoms with E-state index in [0.29, 0.717) is 11.4 Å². The first-order valence-electron chi connectivity index (χ1n) is 5.03. The van der Waals surface area contributed by atoms with Crippen LogP contribution in [0.25, 0.3) is 0 Å². The number of nitrogens with zero attached hydrogens (tertiary/aromatic N) is 1. The van der Waals surface area contributed by atoms with Gasteiger partial charge in [-0.25, -0.2) is 4.39 Å². The van der Waals surface area contributed by atoms with Gasteiger partial charge in [-0.3, -0.25) is 10.1 Å². The van der Waals surface area contributed by atoms with Gasteiger partial charge in [0.25, 0.3) is 5.69 Å². The van der Waals surface area contributed by atoms with Crippen LogP contribution in [0.5, 0.6) is 11.5 Å². The number of halogens is 1. The Hall–Kier alpha value is -2.63. The third-order valence-electron chi connectivity index (χ3n) is 2.21. The maximum Gasteiger partial charge on any atom is 0.272 e. The molecule has 0 atom stereocenters. The molecule has 2 aromatic carbocycles. The van der Waals surface area contributed by atoms with Crippen molar-refractivity contribution in [3.05, 3.63) is 58.4 Å². The monoisotopic (exact) mass is 248 g/mol. The fraction of sp³-hybridized carbons (Fsp3) is 0. The molecule has 92 valence electrons. The van der Waals surface area contributed by atoms with E-state index in [9.17, 15) is 14.5 Å². The van der Waals surface area contributed by atoms with Crippen LogP contribution in [0.15, 0.2) is 42.5 Å². The fourth-order valence-corrected chi connectivity index (χ4v) is 1.39. The van der Waals surface area contributed by atoms with Crippen LogP contribution in [0.1, 0.15) is 0 Å². The first-order valence-corrected chi connectivity index (χ1v) is 5.03. The van der Waals surface area contributed by atoms with E-state index in [2.05, 4.69) is 0 Å². The van der Waals surface area contributed by atoms with Gasteiger partial charge in [0.2, 0.25) is 0 Å². The molecule has 0 aliphatic rings. The number of hydrogen-bond donors (Lipinski definition) is 1. The van der Waals surface area contributed by atoms with Crippen molar-refractivity contribution >= 4 is 11.4 Å². The van der Waals surface area contributed by atoms with E-state index in [1.165, 1.54) is 18.2 Å². The van der Waals surface area contributed by atoms with Gasteiger partial charge in [-0.1, -0.05) is 6.07 Å². The van der Waals surface area contributed by atoms with Crippen LogP contribution in [0.3, 0.4) is 0 Å². The molecule has 0 heterocycles. The van der Waals surface area contributed by atoms with E-state index in [1.54, 1.807) is 18.2 Å². The number of benzene rings is 2. The van der Waals surface area contributed by atoms with Crippen molar-refractivity contribution in [2.75, 3.05) is 5.73 Å². The quantitative estimate of drug-likeness (QED) is 0.514. The van der Waals surface area contributed by atoms with Crippen LogP contribution >= 0.6 is 0 Å². The number of anilines is 1. The first kappa shape index (κ1) is 11.8. The normalized spacial score (nSPS) is 10.1. The molecule has 2 N–H and O–H groups in total. The summed E-state index contributed by atoms with van der Waals surface area (Å²) in [6.45, 7) is 0. The van der Waals surface area contributed by atoms with Gasteiger partial charge < -0.3 is 10.5 Å². The molecule has 6 heteroatoms. The number of non-ortho nitro benzene ring substituents is 1. The lowest BCUT2D eigenvalue weighted by Crippen LogP contribution is -1.93. The minimum atomic E-state index is -0.799. The van der Waals surface area contributed by atoms with Crippen LogP contribution in [0, 0.1) is 15.9 Å². The highest BCUT2D eigenvalue weighted by atomic mass is 19.1. The number of nitrogen functional groups attached to an aromatic ring is 1. The van der Waals surface area contributed by atoms with Gasteiger partial charge in [0.05, 0.1) is 11.0 Å². The highest BCUT2D eigenvalue weighted by Gasteiger charge is 2.12. The molecule has 0 aliphatic carbocycles. The third kappa shape index (κ3) is 2.54. The molecule has 0 bridgehead atoms. The van der Waals surface area contributed by atoms with Crippen LogP contribution in [-0.4, -0.2) is 4.92 Å². The summed E-state index contributed by atoms with van der Waals surface area (Å²) in [6, 6.07) is 9.65. The zero-order valence-corrected chi connectivity index (χ0v) is 9.17. The Bertz CT molecular complexity index is 602. The van der Waals surface area contributed by atoms with Crippen molar-refractivity contribution in [3.63, 3.8) is 0 Å². The molecule has 0 saturated carbocycles. The van der Waals surface area contributed by atoms with Crippen molar-refractivity contribution < 1.29 is 14.1 Å². The maximum atomic E-state index is 13.5. The molecule has 2 rings (SSSR count). The second kappa shape index (κ2) is 4.70. The summed E-state index contributed by atoms with van der Waals surface area (Å²) >= 11 is 0. The number of nitro benzene ring substituents is 1. The third-order valence-corrected chi connectivity index (χ3v) is 2.21. The average Bonchev–Trinajstić information content (AvgIpc) is 2.31. The van der Waals surface area contributed by atoms with Crippen molar-refractivity contribution in [2.45, 2.75) is 0 Å². The zero-order valence-electron chi connectivity index (χ0n) is 9.17. The molecule has 0 unspecified atom stereocenters. The Morgan fingerprint density at radius 1 is 1.22 bits per heavy atom. The van der Waals surface area contributed by atoms with E-state index < -0.39 is 10.7 Å². The molecular weight excluding hydrogens is 239 g/mol. The second-order valence-corrected chi connectivity index (χ2v) is 3.55. The van der Waals surface area contributed by atoms with Crippen molar-refractivity contribution in [3.8, 4) is 11.5 Å². The summed E-state index contributed by atoms with van der Waals surface area (Å²) in [5.41, 5.74) is 5.71. The zero-order chi connectivity index (χ0) is 13.1. The lowest BCUT2D eigenvalue weighted by molar-refractivity contribution is -0.385. The van der Waals surface area contributed by atoms with Crippen LogP contribution in [0.4, 0.5) is 15.8 Å². The molecule has 0 spiro atoms. The lowest BCUT2D eigenvalue weighted by atomic mass is 10.3. The minimum Gasteiger partial charge on any atom is -0.454 e. The SMILES string of the molecule is Nc1cccc(Oc2ccc([N+](=O)[O-])cc2F)c1. The Balaban J connectivity index is 2.27. The molecule has 0 saturated heterocycles. The summed E-state index contributed by atoms with van der Waals surface area (Å²) < 4.78 is 18.8. The number of nitro groups is 1. The van der Waals surface area contributed by atoms with Gasteiger partial charge in [-0.05, 0) is 18.2 Å². The summed E-state index contributed by atoms with van der Waals surface area (Å²) in [7, 11) is 0.